The zero-order valence-corrected chi connectivity index (χ0v) is 12.2. The first-order valence-electron chi connectivity index (χ1n) is 7.70. The van der Waals surface area contributed by atoms with Crippen LogP contribution in [0.25, 0.3) is 0 Å². The highest BCUT2D eigenvalue weighted by molar-refractivity contribution is 6.58. The third kappa shape index (κ3) is 2.07. The first-order chi connectivity index (χ1) is 10.8. The Morgan fingerprint density at radius 1 is 0.727 bits per heavy atom. The van der Waals surface area contributed by atoms with Gasteiger partial charge in [-0.3, -0.25) is 0 Å². The first kappa shape index (κ1) is 13.6. The smallest absolute Gasteiger partial charge is 0.423 e. The quantitative estimate of drug-likeness (QED) is 0.810. The fourth-order valence-electron chi connectivity index (χ4n) is 3.86. The van der Waals surface area contributed by atoms with Gasteiger partial charge in [-0.15, -0.1) is 0 Å². The third-order valence-electron chi connectivity index (χ3n) is 4.87. The number of nitrogens with zero attached hydrogens (tertiary/aromatic N) is 1. The second kappa shape index (κ2) is 5.31. The molecule has 0 radical (unpaired) electrons. The van der Waals surface area contributed by atoms with Crippen LogP contribution >= 0.6 is 0 Å². The highest BCUT2D eigenvalue weighted by Crippen LogP contribution is 2.43. The molecule has 1 fully saturated rings. The van der Waals surface area contributed by atoms with Crippen molar-refractivity contribution in [1.29, 1.82) is 0 Å². The van der Waals surface area contributed by atoms with Crippen molar-refractivity contribution in [3.05, 3.63) is 72.9 Å². The van der Waals surface area contributed by atoms with Crippen LogP contribution in [-0.2, 0) is 0 Å². The fraction of sp³-hybridized carbons (Fsp3) is 0.222. The van der Waals surface area contributed by atoms with Gasteiger partial charge in [0.05, 0.1) is 12.1 Å². The summed E-state index contributed by atoms with van der Waals surface area (Å²) in [5.74, 6) is 0.971. The molecule has 22 heavy (non-hydrogen) atoms. The van der Waals surface area contributed by atoms with Crippen LogP contribution in [0.15, 0.2) is 72.9 Å². The molecule has 0 saturated carbocycles. The maximum atomic E-state index is 9.26. The van der Waals surface area contributed by atoms with E-state index in [1.807, 2.05) is 12.1 Å². The molecule has 0 spiro atoms. The summed E-state index contributed by atoms with van der Waals surface area (Å²) in [6.45, 7) is 0. The minimum Gasteiger partial charge on any atom is -0.423 e. The molecule has 1 aromatic carbocycles. The average molecular weight is 291 g/mol. The van der Waals surface area contributed by atoms with Crippen LogP contribution in [0.2, 0.25) is 0 Å². The predicted molar refractivity (Wildman–Crippen MR) is 89.9 cm³/mol. The molecule has 3 aliphatic rings. The maximum absolute atomic E-state index is 9.26. The lowest BCUT2D eigenvalue weighted by Crippen LogP contribution is -2.37. The van der Waals surface area contributed by atoms with Gasteiger partial charge >= 0.3 is 7.12 Å². The number of hydrogen-bond acceptors (Lipinski definition) is 3. The van der Waals surface area contributed by atoms with Crippen LogP contribution in [0.1, 0.15) is 0 Å². The lowest BCUT2D eigenvalue weighted by molar-refractivity contribution is 0.426. The molecular formula is C18H18BNO2. The summed E-state index contributed by atoms with van der Waals surface area (Å²) in [4.78, 5) is 2.43. The van der Waals surface area contributed by atoms with E-state index in [9.17, 15) is 10.0 Å². The lowest BCUT2D eigenvalue weighted by atomic mass is 9.80. The average Bonchev–Trinajstić information content (AvgIpc) is 2.89. The summed E-state index contributed by atoms with van der Waals surface area (Å²) in [6, 6.07) is 8.22. The van der Waals surface area contributed by atoms with Crippen molar-refractivity contribution in [2.45, 2.75) is 12.1 Å². The van der Waals surface area contributed by atoms with Gasteiger partial charge in [-0.1, -0.05) is 60.7 Å². The van der Waals surface area contributed by atoms with Gasteiger partial charge in [0.15, 0.2) is 0 Å². The van der Waals surface area contributed by atoms with Gasteiger partial charge in [0, 0.05) is 17.5 Å². The van der Waals surface area contributed by atoms with Crippen molar-refractivity contribution in [2.75, 3.05) is 4.90 Å². The molecule has 0 amide bonds. The van der Waals surface area contributed by atoms with Gasteiger partial charge in [-0.2, -0.15) is 0 Å². The maximum Gasteiger partial charge on any atom is 0.488 e. The van der Waals surface area contributed by atoms with E-state index in [1.54, 1.807) is 12.1 Å². The predicted octanol–water partition coefficient (Wildman–Crippen LogP) is 1.41. The van der Waals surface area contributed by atoms with Gasteiger partial charge in [-0.25, -0.2) is 0 Å². The number of allylic oxidation sites excluding steroid dienone is 4. The van der Waals surface area contributed by atoms with Crippen LogP contribution in [0.3, 0.4) is 0 Å². The fourth-order valence-corrected chi connectivity index (χ4v) is 3.86. The number of hydrogen-bond donors (Lipinski definition) is 2. The Hall–Kier alpha value is -2.04. The molecule has 1 heterocycles. The normalized spacial score (nSPS) is 31.3. The summed E-state index contributed by atoms with van der Waals surface area (Å²) < 4.78 is 0. The molecule has 4 rings (SSSR count). The molecule has 4 heteroatoms. The van der Waals surface area contributed by atoms with E-state index in [0.29, 0.717) is 29.4 Å². The van der Waals surface area contributed by atoms with Crippen LogP contribution in [0, 0.1) is 11.8 Å². The monoisotopic (exact) mass is 291 g/mol. The van der Waals surface area contributed by atoms with Gasteiger partial charge in [0.2, 0.25) is 0 Å². The SMILES string of the molecule is OB(O)c1ccc(N2C3C=CC=CC3C3C=CC=CC32)cc1. The van der Waals surface area contributed by atoms with E-state index in [1.165, 1.54) is 0 Å². The molecule has 1 aliphatic heterocycles. The van der Waals surface area contributed by atoms with Gasteiger partial charge < -0.3 is 14.9 Å². The molecule has 2 N–H and O–H groups in total. The summed E-state index contributed by atoms with van der Waals surface area (Å²) in [5, 5.41) is 18.5. The van der Waals surface area contributed by atoms with Crippen LogP contribution < -0.4 is 10.4 Å². The van der Waals surface area contributed by atoms with Crippen molar-refractivity contribution in [2.24, 2.45) is 11.8 Å². The lowest BCUT2D eigenvalue weighted by Gasteiger charge is -2.32. The van der Waals surface area contributed by atoms with Crippen LogP contribution in [0.4, 0.5) is 5.69 Å². The molecule has 2 aliphatic carbocycles. The summed E-state index contributed by atoms with van der Waals surface area (Å²) in [5.41, 5.74) is 1.64. The van der Waals surface area contributed by atoms with Gasteiger partial charge in [0.1, 0.15) is 0 Å². The van der Waals surface area contributed by atoms with E-state index in [-0.39, 0.29) is 0 Å². The Morgan fingerprint density at radius 3 is 1.73 bits per heavy atom. The molecule has 4 atom stereocenters. The summed E-state index contributed by atoms with van der Waals surface area (Å²) in [7, 11) is -1.41. The Bertz CT molecular complexity index is 641. The number of rotatable bonds is 2. The van der Waals surface area contributed by atoms with Crippen molar-refractivity contribution < 1.29 is 10.0 Å². The van der Waals surface area contributed by atoms with E-state index in [2.05, 4.69) is 53.5 Å². The number of fused-ring (bicyclic) bond motifs is 3. The minimum atomic E-state index is -1.41. The Morgan fingerprint density at radius 2 is 1.23 bits per heavy atom. The van der Waals surface area contributed by atoms with Crippen LogP contribution in [-0.4, -0.2) is 29.3 Å². The van der Waals surface area contributed by atoms with Crippen molar-refractivity contribution in [3.63, 3.8) is 0 Å². The van der Waals surface area contributed by atoms with E-state index < -0.39 is 7.12 Å². The van der Waals surface area contributed by atoms with Crippen LogP contribution in [0.5, 0.6) is 0 Å². The zero-order chi connectivity index (χ0) is 15.1. The van der Waals surface area contributed by atoms with Crippen molar-refractivity contribution in [1.82, 2.24) is 0 Å². The standard InChI is InChI=1S/C18H18BNO2/c21-19(22)13-9-11-14(12-10-13)20-17-7-3-1-5-15(17)16-6-2-4-8-18(16)20/h1-12,15-18,21-22H. The van der Waals surface area contributed by atoms with Crippen molar-refractivity contribution >= 4 is 18.3 Å². The highest BCUT2D eigenvalue weighted by atomic mass is 16.4. The second-order valence-corrected chi connectivity index (χ2v) is 6.05. The second-order valence-electron chi connectivity index (χ2n) is 6.05. The van der Waals surface area contributed by atoms with E-state index in [0.717, 1.165) is 5.69 Å². The highest BCUT2D eigenvalue weighted by Gasteiger charge is 2.45. The molecular weight excluding hydrogens is 273 g/mol. The molecule has 1 saturated heterocycles. The number of anilines is 1. The third-order valence-corrected chi connectivity index (χ3v) is 4.87. The molecule has 1 aromatic rings. The first-order valence-corrected chi connectivity index (χ1v) is 7.70. The molecule has 110 valence electrons. The van der Waals surface area contributed by atoms with Crippen molar-refractivity contribution in [3.8, 4) is 0 Å². The van der Waals surface area contributed by atoms with Gasteiger partial charge in [0.25, 0.3) is 0 Å². The topological polar surface area (TPSA) is 43.7 Å². The zero-order valence-electron chi connectivity index (χ0n) is 12.2. The Labute approximate surface area is 130 Å². The molecule has 0 aromatic heterocycles. The van der Waals surface area contributed by atoms with Gasteiger partial charge in [-0.05, 0) is 17.6 Å². The van der Waals surface area contributed by atoms with E-state index in [4.69, 9.17) is 0 Å². The number of benzene rings is 1. The largest absolute Gasteiger partial charge is 0.488 e. The molecule has 3 nitrogen and oxygen atoms in total. The summed E-state index contributed by atoms with van der Waals surface area (Å²) in [6.07, 6.45) is 17.6. The Kier molecular flexibility index (Phi) is 3.28. The summed E-state index contributed by atoms with van der Waals surface area (Å²) >= 11 is 0. The molecule has 4 unspecified atom stereocenters. The minimum absolute atomic E-state index is 0.345. The Balaban J connectivity index is 1.73. The molecule has 0 bridgehead atoms. The van der Waals surface area contributed by atoms with E-state index >= 15 is 0 Å².